The second-order valence-electron chi connectivity index (χ2n) is 5.37. The molecule has 5 heteroatoms. The summed E-state index contributed by atoms with van der Waals surface area (Å²) in [5, 5.41) is 11.2. The van der Waals surface area contributed by atoms with Crippen LogP contribution in [0.5, 0.6) is 0 Å². The van der Waals surface area contributed by atoms with Gasteiger partial charge in [0.15, 0.2) is 0 Å². The second kappa shape index (κ2) is 4.55. The Bertz CT molecular complexity index is 477. The predicted molar refractivity (Wildman–Crippen MR) is 70.9 cm³/mol. The fourth-order valence-electron chi connectivity index (χ4n) is 2.56. The standard InChI is InChI=1S/C13H19N3O2/c1-8-5-11(4)14-13(12(8)16(17)18)15-6-9(2)10(3)7-15/h5,9-10H,6-7H2,1-4H3. The normalized spacial score (nSPS) is 23.4. The zero-order chi connectivity index (χ0) is 13.4. The monoisotopic (exact) mass is 249 g/mol. The van der Waals surface area contributed by atoms with Gasteiger partial charge >= 0.3 is 5.69 Å². The van der Waals surface area contributed by atoms with E-state index in [1.807, 2.05) is 11.8 Å². The van der Waals surface area contributed by atoms with E-state index in [2.05, 4.69) is 18.8 Å². The van der Waals surface area contributed by atoms with Crippen LogP contribution in [0.2, 0.25) is 0 Å². The van der Waals surface area contributed by atoms with Crippen molar-refractivity contribution < 1.29 is 4.92 Å². The van der Waals surface area contributed by atoms with Crippen molar-refractivity contribution in [3.05, 3.63) is 27.4 Å². The maximum atomic E-state index is 11.2. The van der Waals surface area contributed by atoms with Crippen molar-refractivity contribution in [1.82, 2.24) is 4.98 Å². The number of aryl methyl sites for hydroxylation is 2. The lowest BCUT2D eigenvalue weighted by molar-refractivity contribution is -0.384. The van der Waals surface area contributed by atoms with Crippen molar-refractivity contribution in [2.75, 3.05) is 18.0 Å². The van der Waals surface area contributed by atoms with Crippen molar-refractivity contribution in [2.24, 2.45) is 11.8 Å². The number of nitro groups is 1. The van der Waals surface area contributed by atoms with E-state index in [1.165, 1.54) is 0 Å². The molecule has 2 unspecified atom stereocenters. The molecule has 1 aliphatic heterocycles. The van der Waals surface area contributed by atoms with Crippen LogP contribution in [0.15, 0.2) is 6.07 Å². The van der Waals surface area contributed by atoms with Gasteiger partial charge in [-0.05, 0) is 31.7 Å². The fraction of sp³-hybridized carbons (Fsp3) is 0.615. The minimum atomic E-state index is -0.315. The Morgan fingerprint density at radius 2 is 1.89 bits per heavy atom. The van der Waals surface area contributed by atoms with Gasteiger partial charge < -0.3 is 4.90 Å². The molecule has 1 saturated heterocycles. The molecule has 0 radical (unpaired) electrons. The van der Waals surface area contributed by atoms with Crippen LogP contribution >= 0.6 is 0 Å². The van der Waals surface area contributed by atoms with E-state index in [0.717, 1.165) is 18.8 Å². The highest BCUT2D eigenvalue weighted by Gasteiger charge is 2.32. The van der Waals surface area contributed by atoms with Gasteiger partial charge in [-0.3, -0.25) is 10.1 Å². The summed E-state index contributed by atoms with van der Waals surface area (Å²) in [5.74, 6) is 1.63. The number of rotatable bonds is 2. The molecule has 0 spiro atoms. The van der Waals surface area contributed by atoms with E-state index in [0.29, 0.717) is 23.2 Å². The third-order valence-electron chi connectivity index (χ3n) is 3.76. The van der Waals surface area contributed by atoms with Crippen LogP contribution in [0.4, 0.5) is 11.5 Å². The topological polar surface area (TPSA) is 59.3 Å². The Balaban J connectivity index is 2.47. The Kier molecular flexibility index (Phi) is 3.24. The van der Waals surface area contributed by atoms with E-state index >= 15 is 0 Å². The molecule has 1 fully saturated rings. The molecule has 2 atom stereocenters. The van der Waals surface area contributed by atoms with Crippen molar-refractivity contribution in [2.45, 2.75) is 27.7 Å². The van der Waals surface area contributed by atoms with Gasteiger partial charge in [0.2, 0.25) is 5.82 Å². The molecule has 0 N–H and O–H groups in total. The Hall–Kier alpha value is -1.65. The quantitative estimate of drug-likeness (QED) is 0.597. The number of nitrogens with zero attached hydrogens (tertiary/aromatic N) is 3. The van der Waals surface area contributed by atoms with Gasteiger partial charge in [0.1, 0.15) is 0 Å². The van der Waals surface area contributed by atoms with Gasteiger partial charge in [0.05, 0.1) is 4.92 Å². The van der Waals surface area contributed by atoms with Crippen molar-refractivity contribution in [1.29, 1.82) is 0 Å². The van der Waals surface area contributed by atoms with Crippen molar-refractivity contribution in [3.63, 3.8) is 0 Å². The van der Waals surface area contributed by atoms with Gasteiger partial charge in [-0.1, -0.05) is 13.8 Å². The summed E-state index contributed by atoms with van der Waals surface area (Å²) >= 11 is 0. The first-order valence-electron chi connectivity index (χ1n) is 6.27. The molecule has 2 heterocycles. The molecule has 1 aliphatic rings. The molecule has 0 saturated carbocycles. The maximum Gasteiger partial charge on any atom is 0.314 e. The van der Waals surface area contributed by atoms with Crippen LogP contribution in [-0.4, -0.2) is 23.0 Å². The Morgan fingerprint density at radius 1 is 1.33 bits per heavy atom. The molecule has 0 aliphatic carbocycles. The number of anilines is 1. The van der Waals surface area contributed by atoms with Gasteiger partial charge in [0, 0.05) is 24.3 Å². The average molecular weight is 249 g/mol. The van der Waals surface area contributed by atoms with E-state index in [9.17, 15) is 10.1 Å². The number of hydrogen-bond donors (Lipinski definition) is 0. The SMILES string of the molecule is Cc1cc(C)c([N+](=O)[O-])c(N2CC(C)C(C)C2)n1. The molecule has 18 heavy (non-hydrogen) atoms. The zero-order valence-corrected chi connectivity index (χ0v) is 11.3. The maximum absolute atomic E-state index is 11.2. The third-order valence-corrected chi connectivity index (χ3v) is 3.76. The molecule has 5 nitrogen and oxygen atoms in total. The van der Waals surface area contributed by atoms with Gasteiger partial charge in [-0.15, -0.1) is 0 Å². The second-order valence-corrected chi connectivity index (χ2v) is 5.37. The average Bonchev–Trinajstić information content (AvgIpc) is 2.57. The molecular formula is C13H19N3O2. The minimum absolute atomic E-state index is 0.155. The first-order valence-corrected chi connectivity index (χ1v) is 6.27. The smallest absolute Gasteiger partial charge is 0.314 e. The lowest BCUT2D eigenvalue weighted by Gasteiger charge is -2.18. The first-order chi connectivity index (χ1) is 8.40. The van der Waals surface area contributed by atoms with Crippen LogP contribution in [-0.2, 0) is 0 Å². The van der Waals surface area contributed by atoms with Gasteiger partial charge in [-0.2, -0.15) is 0 Å². The molecule has 1 aromatic rings. The summed E-state index contributed by atoms with van der Waals surface area (Å²) in [6.07, 6.45) is 0. The lowest BCUT2D eigenvalue weighted by atomic mass is 10.0. The highest BCUT2D eigenvalue weighted by molar-refractivity contribution is 5.63. The molecule has 98 valence electrons. The number of hydrogen-bond acceptors (Lipinski definition) is 4. The van der Waals surface area contributed by atoms with E-state index in [4.69, 9.17) is 0 Å². The summed E-state index contributed by atoms with van der Waals surface area (Å²) in [4.78, 5) is 17.3. The van der Waals surface area contributed by atoms with Crippen molar-refractivity contribution >= 4 is 11.5 Å². The minimum Gasteiger partial charge on any atom is -0.350 e. The number of aromatic nitrogens is 1. The Labute approximate surface area is 107 Å². The summed E-state index contributed by atoms with van der Waals surface area (Å²) in [6.45, 7) is 9.70. The number of pyridine rings is 1. The zero-order valence-electron chi connectivity index (χ0n) is 11.3. The summed E-state index contributed by atoms with van der Waals surface area (Å²) in [6, 6.07) is 1.77. The summed E-state index contributed by atoms with van der Waals surface area (Å²) in [7, 11) is 0. The molecular weight excluding hydrogens is 230 g/mol. The summed E-state index contributed by atoms with van der Waals surface area (Å²) < 4.78 is 0. The molecule has 0 bridgehead atoms. The summed E-state index contributed by atoms with van der Waals surface area (Å²) in [5.41, 5.74) is 1.68. The van der Waals surface area contributed by atoms with Crippen molar-refractivity contribution in [3.8, 4) is 0 Å². The molecule has 0 amide bonds. The molecule has 2 rings (SSSR count). The molecule has 0 aromatic carbocycles. The van der Waals surface area contributed by atoms with Gasteiger partial charge in [-0.25, -0.2) is 4.98 Å². The molecule has 1 aromatic heterocycles. The van der Waals surface area contributed by atoms with Crippen LogP contribution in [0.1, 0.15) is 25.1 Å². The van der Waals surface area contributed by atoms with Crippen LogP contribution in [0, 0.1) is 35.8 Å². The van der Waals surface area contributed by atoms with E-state index in [-0.39, 0.29) is 10.6 Å². The highest BCUT2D eigenvalue weighted by atomic mass is 16.6. The largest absolute Gasteiger partial charge is 0.350 e. The predicted octanol–water partition coefficient (Wildman–Crippen LogP) is 2.70. The third kappa shape index (κ3) is 2.17. The Morgan fingerprint density at radius 3 is 2.39 bits per heavy atom. The highest BCUT2D eigenvalue weighted by Crippen LogP contribution is 2.34. The van der Waals surface area contributed by atoms with E-state index in [1.54, 1.807) is 13.0 Å². The van der Waals surface area contributed by atoms with Crippen LogP contribution in [0.25, 0.3) is 0 Å². The van der Waals surface area contributed by atoms with Gasteiger partial charge in [0.25, 0.3) is 0 Å². The lowest BCUT2D eigenvalue weighted by Crippen LogP contribution is -2.22. The van der Waals surface area contributed by atoms with Crippen LogP contribution in [0.3, 0.4) is 0 Å². The van der Waals surface area contributed by atoms with Crippen LogP contribution < -0.4 is 4.90 Å². The fourth-order valence-corrected chi connectivity index (χ4v) is 2.56. The van der Waals surface area contributed by atoms with E-state index < -0.39 is 0 Å². The first kappa shape index (κ1) is 12.8.